The second-order valence-electron chi connectivity index (χ2n) is 5.96. The number of pyridine rings is 1. The van der Waals surface area contributed by atoms with Gasteiger partial charge in [0.2, 0.25) is 5.91 Å². The number of para-hydroxylation sites is 2. The van der Waals surface area contributed by atoms with Crippen molar-refractivity contribution in [3.05, 3.63) is 90.3 Å². The van der Waals surface area contributed by atoms with Crippen LogP contribution in [0.2, 0.25) is 0 Å². The summed E-state index contributed by atoms with van der Waals surface area (Å²) in [5.41, 5.74) is 2.42. The first-order chi connectivity index (χ1) is 13.3. The first-order valence-electron chi connectivity index (χ1n) is 8.99. The Morgan fingerprint density at radius 3 is 2.48 bits per heavy atom. The molecule has 0 radical (unpaired) electrons. The molecule has 1 atom stereocenters. The Kier molecular flexibility index (Phi) is 6.55. The number of aromatic nitrogens is 1. The molecule has 2 N–H and O–H groups in total. The van der Waals surface area contributed by atoms with Crippen molar-refractivity contribution in [2.24, 2.45) is 0 Å². The number of hydrogen-bond donors (Lipinski definition) is 2. The van der Waals surface area contributed by atoms with E-state index in [1.807, 2.05) is 79.7 Å². The highest BCUT2D eigenvalue weighted by Crippen LogP contribution is 2.25. The highest BCUT2D eigenvalue weighted by molar-refractivity contribution is 5.96. The minimum Gasteiger partial charge on any atom is -0.492 e. The third-order valence-electron chi connectivity index (χ3n) is 4.05. The third kappa shape index (κ3) is 5.15. The molecule has 0 unspecified atom stereocenters. The zero-order chi connectivity index (χ0) is 18.9. The molecule has 0 saturated heterocycles. The van der Waals surface area contributed by atoms with Gasteiger partial charge in [-0.15, -0.1) is 0 Å². The highest BCUT2D eigenvalue weighted by atomic mass is 16.5. The maximum Gasteiger partial charge on any atom is 0.246 e. The van der Waals surface area contributed by atoms with Gasteiger partial charge in [0.05, 0.1) is 18.0 Å². The molecule has 0 aliphatic carbocycles. The molecular weight excluding hydrogens is 338 g/mol. The van der Waals surface area contributed by atoms with Crippen LogP contribution in [-0.4, -0.2) is 17.5 Å². The summed E-state index contributed by atoms with van der Waals surface area (Å²) in [5.74, 6) is 0.508. The summed E-state index contributed by atoms with van der Waals surface area (Å²) in [6.45, 7) is 2.94. The molecule has 0 bridgehead atoms. The third-order valence-corrected chi connectivity index (χ3v) is 4.05. The molecule has 5 heteroatoms. The fourth-order valence-corrected chi connectivity index (χ4v) is 2.77. The lowest BCUT2D eigenvalue weighted by atomic mass is 10.1. The van der Waals surface area contributed by atoms with Gasteiger partial charge in [-0.1, -0.05) is 48.5 Å². The molecule has 1 aromatic heterocycles. The van der Waals surface area contributed by atoms with Gasteiger partial charge in [-0.05, 0) is 36.8 Å². The van der Waals surface area contributed by atoms with Crippen molar-refractivity contribution in [3.63, 3.8) is 0 Å². The predicted octanol–water partition coefficient (Wildman–Crippen LogP) is 3.95. The summed E-state index contributed by atoms with van der Waals surface area (Å²) in [5, 5.41) is 6.29. The molecule has 0 spiro atoms. The number of rotatable bonds is 8. The molecular formula is C22H23N3O2. The van der Waals surface area contributed by atoms with Crippen molar-refractivity contribution >= 4 is 11.6 Å². The lowest BCUT2D eigenvalue weighted by Crippen LogP contribution is -2.33. The molecule has 3 rings (SSSR count). The van der Waals surface area contributed by atoms with E-state index >= 15 is 0 Å². The second kappa shape index (κ2) is 9.50. The van der Waals surface area contributed by atoms with E-state index in [2.05, 4.69) is 15.6 Å². The van der Waals surface area contributed by atoms with Crippen molar-refractivity contribution in [1.82, 2.24) is 10.3 Å². The van der Waals surface area contributed by atoms with Crippen LogP contribution in [0.15, 0.2) is 79.0 Å². The largest absolute Gasteiger partial charge is 0.492 e. The van der Waals surface area contributed by atoms with E-state index in [9.17, 15) is 4.79 Å². The van der Waals surface area contributed by atoms with Crippen LogP contribution in [0.5, 0.6) is 5.75 Å². The van der Waals surface area contributed by atoms with Crippen molar-refractivity contribution in [2.45, 2.75) is 19.5 Å². The zero-order valence-corrected chi connectivity index (χ0v) is 15.3. The Morgan fingerprint density at radius 1 is 1.00 bits per heavy atom. The number of carbonyl (C=O) groups excluding carboxylic acids is 1. The van der Waals surface area contributed by atoms with Gasteiger partial charge >= 0.3 is 0 Å². The Balaban J connectivity index is 1.79. The van der Waals surface area contributed by atoms with Crippen LogP contribution in [-0.2, 0) is 11.3 Å². The maximum atomic E-state index is 13.0. The summed E-state index contributed by atoms with van der Waals surface area (Å²) >= 11 is 0. The number of nitrogens with zero attached hydrogens (tertiary/aromatic N) is 1. The molecule has 0 fully saturated rings. The Bertz CT molecular complexity index is 854. The van der Waals surface area contributed by atoms with E-state index < -0.39 is 6.04 Å². The average molecular weight is 361 g/mol. The lowest BCUT2D eigenvalue weighted by molar-refractivity contribution is -0.118. The van der Waals surface area contributed by atoms with Crippen molar-refractivity contribution < 1.29 is 9.53 Å². The molecule has 2 aromatic carbocycles. The molecule has 1 amide bonds. The zero-order valence-electron chi connectivity index (χ0n) is 15.3. The fourth-order valence-electron chi connectivity index (χ4n) is 2.77. The first-order valence-corrected chi connectivity index (χ1v) is 8.99. The maximum absolute atomic E-state index is 13.0. The molecule has 0 saturated carbocycles. The van der Waals surface area contributed by atoms with Gasteiger partial charge in [-0.2, -0.15) is 0 Å². The molecule has 0 aliphatic heterocycles. The number of hydrogen-bond acceptors (Lipinski definition) is 4. The Hall–Kier alpha value is -3.18. The van der Waals surface area contributed by atoms with E-state index in [1.54, 1.807) is 6.20 Å². The SMILES string of the molecule is CCOc1ccccc1NC(=O)[C@H](NCc1ccccn1)c1ccccc1. The van der Waals surface area contributed by atoms with Crippen LogP contribution < -0.4 is 15.4 Å². The van der Waals surface area contributed by atoms with E-state index in [4.69, 9.17) is 4.74 Å². The number of benzene rings is 2. The summed E-state index contributed by atoms with van der Waals surface area (Å²) < 4.78 is 5.61. The lowest BCUT2D eigenvalue weighted by Gasteiger charge is -2.20. The molecule has 3 aromatic rings. The van der Waals surface area contributed by atoms with E-state index in [0.717, 1.165) is 11.3 Å². The van der Waals surface area contributed by atoms with Crippen LogP contribution in [0.3, 0.4) is 0 Å². The van der Waals surface area contributed by atoms with Crippen LogP contribution >= 0.6 is 0 Å². The number of nitrogens with one attached hydrogen (secondary N) is 2. The number of carbonyl (C=O) groups is 1. The number of anilines is 1. The highest BCUT2D eigenvalue weighted by Gasteiger charge is 2.21. The summed E-state index contributed by atoms with van der Waals surface area (Å²) in [7, 11) is 0. The predicted molar refractivity (Wildman–Crippen MR) is 107 cm³/mol. The quantitative estimate of drug-likeness (QED) is 0.638. The monoisotopic (exact) mass is 361 g/mol. The first kappa shape index (κ1) is 18.6. The van der Waals surface area contributed by atoms with E-state index in [1.165, 1.54) is 0 Å². The minimum atomic E-state index is -0.511. The van der Waals surface area contributed by atoms with Crippen LogP contribution in [0.4, 0.5) is 5.69 Å². The average Bonchev–Trinajstić information content (AvgIpc) is 2.71. The molecule has 138 valence electrons. The Labute approximate surface area is 159 Å². The minimum absolute atomic E-state index is 0.149. The molecule has 1 heterocycles. The molecule has 5 nitrogen and oxygen atoms in total. The number of ether oxygens (including phenoxy) is 1. The Morgan fingerprint density at radius 2 is 1.74 bits per heavy atom. The van der Waals surface area contributed by atoms with Gasteiger partial charge in [-0.25, -0.2) is 0 Å². The number of amides is 1. The topological polar surface area (TPSA) is 63.2 Å². The van der Waals surface area contributed by atoms with Gasteiger partial charge in [0, 0.05) is 12.7 Å². The van der Waals surface area contributed by atoms with Crippen molar-refractivity contribution in [2.75, 3.05) is 11.9 Å². The van der Waals surface area contributed by atoms with Crippen molar-refractivity contribution in [3.8, 4) is 5.75 Å². The summed E-state index contributed by atoms with van der Waals surface area (Å²) in [6.07, 6.45) is 1.74. The van der Waals surface area contributed by atoms with E-state index in [-0.39, 0.29) is 5.91 Å². The standard InChI is InChI=1S/C22H23N3O2/c1-2-27-20-14-7-6-13-19(20)25-22(26)21(17-10-4-3-5-11-17)24-16-18-12-8-9-15-23-18/h3-15,21,24H,2,16H2,1H3,(H,25,26)/t21-/m1/s1. The van der Waals surface area contributed by atoms with Crippen molar-refractivity contribution in [1.29, 1.82) is 0 Å². The molecule has 27 heavy (non-hydrogen) atoms. The van der Waals surface area contributed by atoms with Crippen LogP contribution in [0.1, 0.15) is 24.2 Å². The second-order valence-corrected chi connectivity index (χ2v) is 5.96. The van der Waals surface area contributed by atoms with Gasteiger partial charge < -0.3 is 10.1 Å². The van der Waals surface area contributed by atoms with Crippen LogP contribution in [0, 0.1) is 0 Å². The fraction of sp³-hybridized carbons (Fsp3) is 0.182. The van der Waals surface area contributed by atoms with Gasteiger partial charge in [0.1, 0.15) is 11.8 Å². The van der Waals surface area contributed by atoms with Gasteiger partial charge in [0.25, 0.3) is 0 Å². The smallest absolute Gasteiger partial charge is 0.246 e. The molecule has 0 aliphatic rings. The van der Waals surface area contributed by atoms with Gasteiger partial charge in [-0.3, -0.25) is 15.1 Å². The van der Waals surface area contributed by atoms with Gasteiger partial charge in [0.15, 0.2) is 0 Å². The normalized spacial score (nSPS) is 11.6. The van der Waals surface area contributed by atoms with E-state index in [0.29, 0.717) is 24.6 Å². The summed E-state index contributed by atoms with van der Waals surface area (Å²) in [6, 6.07) is 22.3. The summed E-state index contributed by atoms with van der Waals surface area (Å²) in [4.78, 5) is 17.4. The van der Waals surface area contributed by atoms with Crippen LogP contribution in [0.25, 0.3) is 0 Å².